The smallest absolute Gasteiger partial charge is 0.317 e. The highest BCUT2D eigenvalue weighted by Crippen LogP contribution is 2.27. The number of amides is 2. The Hall–Kier alpha value is -2.34. The van der Waals surface area contributed by atoms with Gasteiger partial charge in [-0.1, -0.05) is 18.2 Å². The number of carbonyl (C=O) groups excluding carboxylic acids is 1. The molecule has 6 nitrogen and oxygen atoms in total. The van der Waals surface area contributed by atoms with Gasteiger partial charge in [0.2, 0.25) is 5.88 Å². The van der Waals surface area contributed by atoms with E-state index in [0.717, 1.165) is 48.7 Å². The van der Waals surface area contributed by atoms with E-state index >= 15 is 0 Å². The Morgan fingerprint density at radius 2 is 2.00 bits per heavy atom. The standard InChI is InChI=1S/C19H24N4O2/c1-25-18-12-14(16-4-2-3-5-17(16)21-18)13-20-19(24)23-10-8-22(9-11-23)15-6-7-15/h2-5,12,15H,6-11,13H2,1H3,(H,20,24). The van der Waals surface area contributed by atoms with Crippen LogP contribution in [-0.2, 0) is 6.54 Å². The third-order valence-corrected chi connectivity index (χ3v) is 5.08. The number of fused-ring (bicyclic) bond motifs is 1. The number of rotatable bonds is 4. The molecule has 0 spiro atoms. The fourth-order valence-corrected chi connectivity index (χ4v) is 3.48. The van der Waals surface area contributed by atoms with Crippen LogP contribution in [-0.4, -0.2) is 60.1 Å². The van der Waals surface area contributed by atoms with Crippen molar-refractivity contribution in [2.45, 2.75) is 25.4 Å². The van der Waals surface area contributed by atoms with Crippen molar-refractivity contribution in [3.8, 4) is 5.88 Å². The molecule has 4 rings (SSSR count). The molecule has 1 aliphatic heterocycles. The summed E-state index contributed by atoms with van der Waals surface area (Å²) in [6.45, 7) is 4.07. The lowest BCUT2D eigenvalue weighted by atomic mass is 10.1. The van der Waals surface area contributed by atoms with Gasteiger partial charge in [-0.25, -0.2) is 9.78 Å². The fourth-order valence-electron chi connectivity index (χ4n) is 3.48. The summed E-state index contributed by atoms with van der Waals surface area (Å²) in [5.41, 5.74) is 1.90. The summed E-state index contributed by atoms with van der Waals surface area (Å²) in [6.07, 6.45) is 2.65. The number of pyridine rings is 1. The Kier molecular flexibility index (Phi) is 4.44. The minimum atomic E-state index is 0.00954. The monoisotopic (exact) mass is 340 g/mol. The SMILES string of the molecule is COc1cc(CNC(=O)N2CCN(C3CC3)CC2)c2ccccc2n1. The van der Waals surface area contributed by atoms with Crippen LogP contribution < -0.4 is 10.1 Å². The zero-order chi connectivity index (χ0) is 17.2. The number of hydrogen-bond acceptors (Lipinski definition) is 4. The number of para-hydroxylation sites is 1. The zero-order valence-electron chi connectivity index (χ0n) is 14.6. The Morgan fingerprint density at radius 3 is 2.72 bits per heavy atom. The van der Waals surface area contributed by atoms with Crippen molar-refractivity contribution in [1.29, 1.82) is 0 Å². The van der Waals surface area contributed by atoms with Gasteiger partial charge in [0, 0.05) is 50.2 Å². The highest BCUT2D eigenvalue weighted by molar-refractivity contribution is 5.83. The normalized spacial score (nSPS) is 18.4. The van der Waals surface area contributed by atoms with Crippen molar-refractivity contribution in [2.24, 2.45) is 0 Å². The maximum atomic E-state index is 12.5. The second kappa shape index (κ2) is 6.88. The summed E-state index contributed by atoms with van der Waals surface area (Å²) in [6, 6.07) is 10.6. The predicted molar refractivity (Wildman–Crippen MR) is 96.7 cm³/mol. The zero-order valence-corrected chi connectivity index (χ0v) is 14.6. The Labute approximate surface area is 147 Å². The number of aromatic nitrogens is 1. The highest BCUT2D eigenvalue weighted by atomic mass is 16.5. The molecule has 1 aromatic heterocycles. The van der Waals surface area contributed by atoms with E-state index in [1.165, 1.54) is 12.8 Å². The molecule has 0 atom stereocenters. The summed E-state index contributed by atoms with van der Waals surface area (Å²) in [4.78, 5) is 21.4. The van der Waals surface area contributed by atoms with Crippen molar-refractivity contribution in [3.63, 3.8) is 0 Å². The molecule has 1 aromatic carbocycles. The van der Waals surface area contributed by atoms with Crippen LogP contribution in [0.15, 0.2) is 30.3 Å². The number of methoxy groups -OCH3 is 1. The molecule has 0 radical (unpaired) electrons. The van der Waals surface area contributed by atoms with Crippen LogP contribution in [0.1, 0.15) is 18.4 Å². The molecule has 2 aliphatic rings. The summed E-state index contributed by atoms with van der Waals surface area (Å²) < 4.78 is 5.29. The lowest BCUT2D eigenvalue weighted by molar-refractivity contribution is 0.134. The molecular weight excluding hydrogens is 316 g/mol. The van der Waals surface area contributed by atoms with Gasteiger partial charge in [-0.2, -0.15) is 0 Å². The minimum absolute atomic E-state index is 0.00954. The van der Waals surface area contributed by atoms with Gasteiger partial charge in [0.15, 0.2) is 0 Å². The maximum absolute atomic E-state index is 12.5. The van der Waals surface area contributed by atoms with Crippen LogP contribution in [0.4, 0.5) is 4.79 Å². The number of piperazine rings is 1. The molecule has 25 heavy (non-hydrogen) atoms. The fraction of sp³-hybridized carbons (Fsp3) is 0.474. The van der Waals surface area contributed by atoms with Crippen molar-refractivity contribution >= 4 is 16.9 Å². The minimum Gasteiger partial charge on any atom is -0.481 e. The molecule has 2 aromatic rings. The van der Waals surface area contributed by atoms with E-state index in [4.69, 9.17) is 4.74 Å². The van der Waals surface area contributed by atoms with Gasteiger partial charge in [-0.05, 0) is 24.5 Å². The first kappa shape index (κ1) is 16.1. The first-order valence-corrected chi connectivity index (χ1v) is 8.94. The molecule has 0 bridgehead atoms. The molecule has 2 amide bonds. The second-order valence-corrected chi connectivity index (χ2v) is 6.75. The number of carbonyl (C=O) groups is 1. The lowest BCUT2D eigenvalue weighted by Gasteiger charge is -2.34. The Bertz CT molecular complexity index is 767. The largest absolute Gasteiger partial charge is 0.481 e. The van der Waals surface area contributed by atoms with E-state index in [1.807, 2.05) is 35.2 Å². The second-order valence-electron chi connectivity index (χ2n) is 6.75. The molecule has 1 saturated carbocycles. The molecule has 2 heterocycles. The molecule has 1 N–H and O–H groups in total. The highest BCUT2D eigenvalue weighted by Gasteiger charge is 2.32. The topological polar surface area (TPSA) is 57.7 Å². The van der Waals surface area contributed by atoms with Gasteiger partial charge in [-0.3, -0.25) is 4.90 Å². The van der Waals surface area contributed by atoms with Crippen molar-refractivity contribution in [1.82, 2.24) is 20.1 Å². The summed E-state index contributed by atoms with van der Waals surface area (Å²) in [7, 11) is 1.61. The van der Waals surface area contributed by atoms with Crippen molar-refractivity contribution in [3.05, 3.63) is 35.9 Å². The van der Waals surface area contributed by atoms with Gasteiger partial charge in [-0.15, -0.1) is 0 Å². The maximum Gasteiger partial charge on any atom is 0.317 e. The number of urea groups is 1. The lowest BCUT2D eigenvalue weighted by Crippen LogP contribution is -2.52. The number of nitrogens with one attached hydrogen (secondary N) is 1. The van der Waals surface area contributed by atoms with E-state index in [-0.39, 0.29) is 6.03 Å². The van der Waals surface area contributed by atoms with Gasteiger partial charge < -0.3 is 15.0 Å². The molecule has 2 fully saturated rings. The van der Waals surface area contributed by atoms with Crippen LogP contribution in [0.5, 0.6) is 5.88 Å². The van der Waals surface area contributed by atoms with Crippen LogP contribution >= 0.6 is 0 Å². The summed E-state index contributed by atoms with van der Waals surface area (Å²) in [5, 5.41) is 4.10. The van der Waals surface area contributed by atoms with Crippen LogP contribution in [0.25, 0.3) is 10.9 Å². The molecule has 132 valence electrons. The quantitative estimate of drug-likeness (QED) is 0.927. The molecule has 1 saturated heterocycles. The van der Waals surface area contributed by atoms with Crippen molar-refractivity contribution in [2.75, 3.05) is 33.3 Å². The summed E-state index contributed by atoms with van der Waals surface area (Å²) in [5.74, 6) is 0.570. The third-order valence-electron chi connectivity index (χ3n) is 5.08. The molecule has 0 unspecified atom stereocenters. The average molecular weight is 340 g/mol. The van der Waals surface area contributed by atoms with Crippen LogP contribution in [0.2, 0.25) is 0 Å². The van der Waals surface area contributed by atoms with Gasteiger partial charge in [0.25, 0.3) is 0 Å². The van der Waals surface area contributed by atoms with Gasteiger partial charge in [0.05, 0.1) is 12.6 Å². The van der Waals surface area contributed by atoms with Crippen LogP contribution in [0, 0.1) is 0 Å². The van der Waals surface area contributed by atoms with Crippen LogP contribution in [0.3, 0.4) is 0 Å². The third kappa shape index (κ3) is 3.54. The number of hydrogen-bond donors (Lipinski definition) is 1. The van der Waals surface area contributed by atoms with E-state index < -0.39 is 0 Å². The molecular formula is C19H24N4O2. The van der Waals surface area contributed by atoms with E-state index in [9.17, 15) is 4.79 Å². The van der Waals surface area contributed by atoms with E-state index in [2.05, 4.69) is 15.2 Å². The van der Waals surface area contributed by atoms with E-state index in [1.54, 1.807) is 7.11 Å². The summed E-state index contributed by atoms with van der Waals surface area (Å²) >= 11 is 0. The number of benzene rings is 1. The van der Waals surface area contributed by atoms with E-state index in [0.29, 0.717) is 12.4 Å². The Morgan fingerprint density at radius 1 is 1.24 bits per heavy atom. The average Bonchev–Trinajstić information content (AvgIpc) is 3.51. The van der Waals surface area contributed by atoms with Gasteiger partial charge >= 0.3 is 6.03 Å². The Balaban J connectivity index is 1.40. The number of ether oxygens (including phenoxy) is 1. The van der Waals surface area contributed by atoms with Gasteiger partial charge in [0.1, 0.15) is 0 Å². The van der Waals surface area contributed by atoms with Crippen molar-refractivity contribution < 1.29 is 9.53 Å². The number of nitrogens with zero attached hydrogens (tertiary/aromatic N) is 3. The molecule has 1 aliphatic carbocycles. The first-order chi connectivity index (χ1) is 12.2. The first-order valence-electron chi connectivity index (χ1n) is 8.94. The predicted octanol–water partition coefficient (Wildman–Crippen LogP) is 2.23. The molecule has 6 heteroatoms.